The van der Waals surface area contributed by atoms with Gasteiger partial charge >= 0.3 is 0 Å². The average Bonchev–Trinajstić information content (AvgIpc) is 2.47. The first-order chi connectivity index (χ1) is 6.38. The molecule has 0 amide bonds. The lowest BCUT2D eigenvalue weighted by atomic mass is 10.1. The lowest BCUT2D eigenvalue weighted by Crippen LogP contribution is -2.30. The molecule has 0 aromatic carbocycles. The van der Waals surface area contributed by atoms with Gasteiger partial charge in [0.15, 0.2) is 0 Å². The van der Waals surface area contributed by atoms with E-state index in [0.29, 0.717) is 6.04 Å². The molecule has 2 heteroatoms. The molecule has 1 aliphatic heterocycles. The van der Waals surface area contributed by atoms with E-state index in [-0.39, 0.29) is 5.60 Å². The molecule has 0 aromatic heterocycles. The first-order valence-electron chi connectivity index (χ1n) is 5.76. The highest BCUT2D eigenvalue weighted by molar-refractivity contribution is 4.78. The molecule has 1 atom stereocenters. The van der Waals surface area contributed by atoms with Crippen LogP contribution in [0, 0.1) is 5.92 Å². The van der Waals surface area contributed by atoms with Gasteiger partial charge in [-0.1, -0.05) is 0 Å². The largest absolute Gasteiger partial charge is 0.376 e. The molecule has 0 radical (unpaired) electrons. The molecule has 0 spiro atoms. The molecule has 14 heavy (non-hydrogen) atoms. The minimum absolute atomic E-state index is 0.0191. The van der Waals surface area contributed by atoms with Gasteiger partial charge in [0.2, 0.25) is 0 Å². The number of ether oxygens (including phenoxy) is 1. The number of rotatable bonds is 3. The molecule has 2 nitrogen and oxygen atoms in total. The highest BCUT2D eigenvalue weighted by Gasteiger charge is 2.25. The summed E-state index contributed by atoms with van der Waals surface area (Å²) in [4.78, 5) is 2.54. The number of likely N-dealkylation sites (tertiary alicyclic amines) is 1. The Morgan fingerprint density at radius 1 is 1.36 bits per heavy atom. The van der Waals surface area contributed by atoms with Crippen LogP contribution < -0.4 is 0 Å². The summed E-state index contributed by atoms with van der Waals surface area (Å²) >= 11 is 0. The molecule has 0 aromatic rings. The second kappa shape index (κ2) is 4.63. The van der Waals surface area contributed by atoms with E-state index < -0.39 is 0 Å². The van der Waals surface area contributed by atoms with Crippen molar-refractivity contribution in [3.8, 4) is 0 Å². The summed E-state index contributed by atoms with van der Waals surface area (Å²) in [6.45, 7) is 14.3. The minimum Gasteiger partial charge on any atom is -0.376 e. The molecule has 1 aliphatic rings. The maximum absolute atomic E-state index is 5.81. The maximum Gasteiger partial charge on any atom is 0.0598 e. The van der Waals surface area contributed by atoms with Crippen molar-refractivity contribution in [2.45, 2.75) is 52.7 Å². The first-order valence-corrected chi connectivity index (χ1v) is 5.76. The Hall–Kier alpha value is -0.0800. The third-order valence-corrected chi connectivity index (χ3v) is 2.80. The molecule has 1 rings (SSSR count). The predicted molar refractivity (Wildman–Crippen MR) is 60.5 cm³/mol. The smallest absolute Gasteiger partial charge is 0.0598 e. The Morgan fingerprint density at radius 3 is 2.43 bits per heavy atom. The summed E-state index contributed by atoms with van der Waals surface area (Å²) in [6, 6.07) is 0.689. The molecule has 84 valence electrons. The third kappa shape index (κ3) is 3.97. The van der Waals surface area contributed by atoms with Crippen molar-refractivity contribution in [2.75, 3.05) is 19.7 Å². The molecule has 1 unspecified atom stereocenters. The first kappa shape index (κ1) is 12.0. The normalized spacial score (nSPS) is 24.9. The zero-order valence-electron chi connectivity index (χ0n) is 10.3. The summed E-state index contributed by atoms with van der Waals surface area (Å²) in [6.07, 6.45) is 1.30. The lowest BCUT2D eigenvalue weighted by molar-refractivity contribution is -0.0208. The van der Waals surface area contributed by atoms with Gasteiger partial charge in [0.05, 0.1) is 12.2 Å². The Balaban J connectivity index is 2.23. The second-order valence-electron chi connectivity index (χ2n) is 5.67. The van der Waals surface area contributed by atoms with Crippen molar-refractivity contribution in [1.29, 1.82) is 0 Å². The Labute approximate surface area is 88.6 Å². The average molecular weight is 199 g/mol. The fourth-order valence-electron chi connectivity index (χ4n) is 1.84. The van der Waals surface area contributed by atoms with E-state index in [0.717, 1.165) is 12.5 Å². The molecule has 1 heterocycles. The van der Waals surface area contributed by atoms with Crippen LogP contribution in [0.2, 0.25) is 0 Å². The van der Waals surface area contributed by atoms with Crippen LogP contribution in [0.4, 0.5) is 0 Å². The van der Waals surface area contributed by atoms with Gasteiger partial charge in [-0.2, -0.15) is 0 Å². The van der Waals surface area contributed by atoms with Crippen LogP contribution >= 0.6 is 0 Å². The quantitative estimate of drug-likeness (QED) is 0.692. The number of nitrogens with zero attached hydrogens (tertiary/aromatic N) is 1. The van der Waals surface area contributed by atoms with E-state index in [2.05, 4.69) is 39.5 Å². The highest BCUT2D eigenvalue weighted by Crippen LogP contribution is 2.20. The Bertz CT molecular complexity index is 172. The van der Waals surface area contributed by atoms with Gasteiger partial charge in [-0.25, -0.2) is 0 Å². The van der Waals surface area contributed by atoms with Crippen LogP contribution in [0.15, 0.2) is 0 Å². The van der Waals surface area contributed by atoms with E-state index in [1.54, 1.807) is 0 Å². The molecule has 1 saturated heterocycles. The van der Waals surface area contributed by atoms with E-state index in [9.17, 15) is 0 Å². The van der Waals surface area contributed by atoms with Crippen LogP contribution in [-0.2, 0) is 4.74 Å². The Morgan fingerprint density at radius 2 is 2.00 bits per heavy atom. The Kier molecular flexibility index (Phi) is 3.96. The van der Waals surface area contributed by atoms with Gasteiger partial charge in [-0.15, -0.1) is 0 Å². The van der Waals surface area contributed by atoms with Crippen molar-refractivity contribution in [1.82, 2.24) is 4.90 Å². The topological polar surface area (TPSA) is 12.5 Å². The SMILES string of the molecule is CC(C)N1CCC(COC(C)(C)C)C1. The van der Waals surface area contributed by atoms with Crippen LogP contribution in [0.3, 0.4) is 0 Å². The molecule has 0 aliphatic carbocycles. The number of hydrogen-bond acceptors (Lipinski definition) is 2. The minimum atomic E-state index is 0.0191. The van der Waals surface area contributed by atoms with E-state index in [4.69, 9.17) is 4.74 Å². The number of hydrogen-bond donors (Lipinski definition) is 0. The molecular weight excluding hydrogens is 174 g/mol. The molecule has 0 N–H and O–H groups in total. The summed E-state index contributed by atoms with van der Waals surface area (Å²) in [5.41, 5.74) is 0.0191. The fraction of sp³-hybridized carbons (Fsp3) is 1.00. The van der Waals surface area contributed by atoms with Gasteiger partial charge in [-0.3, -0.25) is 0 Å². The zero-order valence-corrected chi connectivity index (χ0v) is 10.3. The molecular formula is C12H25NO. The van der Waals surface area contributed by atoms with E-state index in [1.807, 2.05) is 0 Å². The monoisotopic (exact) mass is 199 g/mol. The molecule has 0 saturated carbocycles. The fourth-order valence-corrected chi connectivity index (χ4v) is 1.84. The van der Waals surface area contributed by atoms with Crippen LogP contribution in [0.25, 0.3) is 0 Å². The van der Waals surface area contributed by atoms with Crippen molar-refractivity contribution in [2.24, 2.45) is 5.92 Å². The lowest BCUT2D eigenvalue weighted by Gasteiger charge is -2.23. The van der Waals surface area contributed by atoms with Gasteiger partial charge in [0.1, 0.15) is 0 Å². The van der Waals surface area contributed by atoms with Crippen molar-refractivity contribution >= 4 is 0 Å². The summed E-state index contributed by atoms with van der Waals surface area (Å²) in [5.74, 6) is 0.747. The maximum atomic E-state index is 5.81. The van der Waals surface area contributed by atoms with Crippen molar-refractivity contribution < 1.29 is 4.74 Å². The predicted octanol–water partition coefficient (Wildman–Crippen LogP) is 2.53. The van der Waals surface area contributed by atoms with Gasteiger partial charge < -0.3 is 9.64 Å². The standard InChI is InChI=1S/C12H25NO/c1-10(2)13-7-6-11(8-13)9-14-12(3,4)5/h10-11H,6-9H2,1-5H3. The van der Waals surface area contributed by atoms with Crippen LogP contribution in [-0.4, -0.2) is 36.2 Å². The summed E-state index contributed by atoms with van der Waals surface area (Å²) in [7, 11) is 0. The zero-order chi connectivity index (χ0) is 10.8. The van der Waals surface area contributed by atoms with Gasteiger partial charge in [-0.05, 0) is 53.5 Å². The van der Waals surface area contributed by atoms with E-state index >= 15 is 0 Å². The summed E-state index contributed by atoms with van der Waals surface area (Å²) in [5, 5.41) is 0. The van der Waals surface area contributed by atoms with Gasteiger partial charge in [0, 0.05) is 12.6 Å². The van der Waals surface area contributed by atoms with Crippen molar-refractivity contribution in [3.05, 3.63) is 0 Å². The second-order valence-corrected chi connectivity index (χ2v) is 5.67. The van der Waals surface area contributed by atoms with E-state index in [1.165, 1.54) is 19.5 Å². The van der Waals surface area contributed by atoms with Crippen LogP contribution in [0.1, 0.15) is 41.0 Å². The molecule has 0 bridgehead atoms. The van der Waals surface area contributed by atoms with Crippen LogP contribution in [0.5, 0.6) is 0 Å². The van der Waals surface area contributed by atoms with Crippen molar-refractivity contribution in [3.63, 3.8) is 0 Å². The third-order valence-electron chi connectivity index (χ3n) is 2.80. The van der Waals surface area contributed by atoms with Gasteiger partial charge in [0.25, 0.3) is 0 Å². The highest BCUT2D eigenvalue weighted by atomic mass is 16.5. The molecule has 1 fully saturated rings. The summed E-state index contributed by atoms with van der Waals surface area (Å²) < 4.78 is 5.81.